The van der Waals surface area contributed by atoms with Crippen LogP contribution in [0.4, 0.5) is 0 Å². The van der Waals surface area contributed by atoms with Crippen LogP contribution >= 0.6 is 7.82 Å². The van der Waals surface area contributed by atoms with Crippen molar-refractivity contribution in [3.05, 3.63) is 0 Å². The molecule has 0 aliphatic carbocycles. The van der Waals surface area contributed by atoms with E-state index >= 15 is 0 Å². The third-order valence-electron chi connectivity index (χ3n) is 3.23. The molecule has 1 aliphatic rings. The molecule has 0 bridgehead atoms. The highest BCUT2D eigenvalue weighted by atomic mass is 31.2. The number of quaternary nitrogens is 1. The molecule has 1 heterocycles. The van der Waals surface area contributed by atoms with Crippen LogP contribution in [0.2, 0.25) is 0 Å². The zero-order valence-electron chi connectivity index (χ0n) is 12.9. The molecule has 1 saturated heterocycles. The Kier molecular flexibility index (Phi) is 9.93. The molecular formula is C13H30NO4P. The standard InChI is InChI=1S/C9H20N.C4H11O4P/c1-3-7-10(2)8-5-4-6-9-10;1-3-7-9(5,6)8-4-2/h3-9H2,1-2H3;3-4H2,1-2H3,(H,5,6)/q+1;/p-1. The van der Waals surface area contributed by atoms with E-state index in [4.69, 9.17) is 0 Å². The zero-order chi connectivity index (χ0) is 14.8. The molecule has 0 aromatic carbocycles. The van der Waals surface area contributed by atoms with Crippen molar-refractivity contribution in [1.29, 1.82) is 0 Å². The first-order valence-corrected chi connectivity index (χ1v) is 8.79. The minimum Gasteiger partial charge on any atom is -0.756 e. The molecule has 0 spiro atoms. The summed E-state index contributed by atoms with van der Waals surface area (Å²) in [7, 11) is -1.54. The van der Waals surface area contributed by atoms with E-state index in [1.807, 2.05) is 0 Å². The number of nitrogens with zero attached hydrogens (tertiary/aromatic N) is 1. The van der Waals surface area contributed by atoms with Crippen molar-refractivity contribution in [2.45, 2.75) is 46.5 Å². The van der Waals surface area contributed by atoms with Crippen molar-refractivity contribution in [3.8, 4) is 0 Å². The van der Waals surface area contributed by atoms with Crippen molar-refractivity contribution in [2.24, 2.45) is 0 Å². The highest BCUT2D eigenvalue weighted by molar-refractivity contribution is 7.45. The molecule has 0 N–H and O–H groups in total. The Morgan fingerprint density at radius 3 is 1.89 bits per heavy atom. The molecule has 0 saturated carbocycles. The highest BCUT2D eigenvalue weighted by Gasteiger charge is 2.22. The smallest absolute Gasteiger partial charge is 0.267 e. The van der Waals surface area contributed by atoms with E-state index in [1.165, 1.54) is 49.8 Å². The molecule has 6 heteroatoms. The largest absolute Gasteiger partial charge is 0.756 e. The van der Waals surface area contributed by atoms with Gasteiger partial charge in [-0.15, -0.1) is 0 Å². The quantitative estimate of drug-likeness (QED) is 0.558. The fourth-order valence-corrected chi connectivity index (χ4v) is 3.10. The summed E-state index contributed by atoms with van der Waals surface area (Å²) in [6.07, 6.45) is 5.72. The first-order chi connectivity index (χ1) is 8.89. The normalized spacial score (nSPS) is 18.6. The van der Waals surface area contributed by atoms with Crippen LogP contribution in [0.25, 0.3) is 0 Å². The molecule has 1 aliphatic heterocycles. The van der Waals surface area contributed by atoms with Gasteiger partial charge in [-0.3, -0.25) is 4.57 Å². The monoisotopic (exact) mass is 295 g/mol. The molecular weight excluding hydrogens is 265 g/mol. The van der Waals surface area contributed by atoms with Crippen molar-refractivity contribution >= 4 is 7.82 Å². The molecule has 0 unspecified atom stereocenters. The summed E-state index contributed by atoms with van der Waals surface area (Å²) in [5.41, 5.74) is 0. The molecule has 0 aromatic heterocycles. The maximum absolute atomic E-state index is 10.4. The van der Waals surface area contributed by atoms with Crippen LogP contribution < -0.4 is 4.89 Å². The molecule has 5 nitrogen and oxygen atoms in total. The van der Waals surface area contributed by atoms with Gasteiger partial charge in [0.1, 0.15) is 0 Å². The first-order valence-electron chi connectivity index (χ1n) is 7.32. The molecule has 1 rings (SSSR count). The average molecular weight is 295 g/mol. The summed E-state index contributed by atoms with van der Waals surface area (Å²) in [5, 5.41) is 0. The van der Waals surface area contributed by atoms with Gasteiger partial charge in [-0.25, -0.2) is 0 Å². The summed E-state index contributed by atoms with van der Waals surface area (Å²) in [6.45, 7) is 9.95. The van der Waals surface area contributed by atoms with Crippen LogP contribution in [0, 0.1) is 0 Å². The van der Waals surface area contributed by atoms with E-state index in [0.29, 0.717) is 0 Å². The summed E-state index contributed by atoms with van der Waals surface area (Å²) >= 11 is 0. The molecule has 0 aromatic rings. The second kappa shape index (κ2) is 9.89. The van der Waals surface area contributed by atoms with Gasteiger partial charge in [0.15, 0.2) is 0 Å². The van der Waals surface area contributed by atoms with Crippen molar-refractivity contribution in [3.63, 3.8) is 0 Å². The lowest BCUT2D eigenvalue weighted by Crippen LogP contribution is -2.48. The predicted octanol–water partition coefficient (Wildman–Crippen LogP) is 2.55. The van der Waals surface area contributed by atoms with Gasteiger partial charge in [0.05, 0.1) is 39.9 Å². The number of piperidine rings is 1. The number of hydrogen-bond donors (Lipinski definition) is 0. The van der Waals surface area contributed by atoms with Crippen LogP contribution in [-0.4, -0.2) is 44.4 Å². The average Bonchev–Trinajstić information content (AvgIpc) is 2.30. The third kappa shape index (κ3) is 9.58. The second-order valence-corrected chi connectivity index (χ2v) is 6.54. The Balaban J connectivity index is 0.000000344. The molecule has 0 atom stereocenters. The van der Waals surface area contributed by atoms with Crippen LogP contribution in [0.3, 0.4) is 0 Å². The molecule has 0 amide bonds. The van der Waals surface area contributed by atoms with Gasteiger partial charge in [-0.05, 0) is 39.5 Å². The number of likely N-dealkylation sites (tertiary alicyclic amines) is 1. The van der Waals surface area contributed by atoms with E-state index < -0.39 is 7.82 Å². The van der Waals surface area contributed by atoms with E-state index in [1.54, 1.807) is 13.8 Å². The zero-order valence-corrected chi connectivity index (χ0v) is 13.8. The summed E-state index contributed by atoms with van der Waals surface area (Å²) < 4.78 is 20.3. The van der Waals surface area contributed by atoms with Gasteiger partial charge in [0, 0.05) is 0 Å². The minimum atomic E-state index is -3.94. The lowest BCUT2D eigenvalue weighted by atomic mass is 10.1. The van der Waals surface area contributed by atoms with E-state index in [2.05, 4.69) is 23.0 Å². The van der Waals surface area contributed by atoms with Gasteiger partial charge in [0.25, 0.3) is 7.82 Å². The number of rotatable bonds is 6. The molecule has 19 heavy (non-hydrogen) atoms. The van der Waals surface area contributed by atoms with Crippen molar-refractivity contribution in [2.75, 3.05) is 39.9 Å². The number of hydrogen-bond acceptors (Lipinski definition) is 4. The van der Waals surface area contributed by atoms with Gasteiger partial charge in [0.2, 0.25) is 0 Å². The molecule has 116 valence electrons. The van der Waals surface area contributed by atoms with Crippen molar-refractivity contribution in [1.82, 2.24) is 0 Å². The maximum Gasteiger partial charge on any atom is 0.267 e. The lowest BCUT2D eigenvalue weighted by Gasteiger charge is -2.37. The van der Waals surface area contributed by atoms with Crippen molar-refractivity contribution < 1.29 is 23.0 Å². The molecule has 0 radical (unpaired) electrons. The third-order valence-corrected chi connectivity index (χ3v) is 4.38. The topological polar surface area (TPSA) is 58.6 Å². The lowest BCUT2D eigenvalue weighted by molar-refractivity contribution is -0.914. The van der Waals surface area contributed by atoms with Gasteiger partial charge in [-0.2, -0.15) is 0 Å². The SMILES string of the molecule is CCC[N+]1(C)CCCCC1.CCOP(=O)([O-])OCC. The Bertz CT molecular complexity index is 252. The first kappa shape index (κ1) is 19.1. The van der Waals surface area contributed by atoms with E-state index in [-0.39, 0.29) is 13.2 Å². The summed E-state index contributed by atoms with van der Waals surface area (Å²) in [5.74, 6) is 0. The highest BCUT2D eigenvalue weighted by Crippen LogP contribution is 2.37. The van der Waals surface area contributed by atoms with Crippen LogP contribution in [-0.2, 0) is 13.6 Å². The Morgan fingerprint density at radius 1 is 1.05 bits per heavy atom. The van der Waals surface area contributed by atoms with E-state index in [9.17, 15) is 9.46 Å². The molecule has 1 fully saturated rings. The van der Waals surface area contributed by atoms with Gasteiger partial charge in [-0.1, -0.05) is 6.92 Å². The fraction of sp³-hybridized carbons (Fsp3) is 1.00. The Hall–Kier alpha value is 0.0700. The predicted molar refractivity (Wildman–Crippen MR) is 75.8 cm³/mol. The van der Waals surface area contributed by atoms with Gasteiger partial charge < -0.3 is 18.4 Å². The van der Waals surface area contributed by atoms with Crippen LogP contribution in [0.15, 0.2) is 0 Å². The Labute approximate surface area is 118 Å². The van der Waals surface area contributed by atoms with Crippen LogP contribution in [0.5, 0.6) is 0 Å². The van der Waals surface area contributed by atoms with Crippen LogP contribution in [0.1, 0.15) is 46.5 Å². The van der Waals surface area contributed by atoms with Gasteiger partial charge >= 0.3 is 0 Å². The number of phosphoric ester groups is 1. The van der Waals surface area contributed by atoms with E-state index in [0.717, 1.165) is 0 Å². The second-order valence-electron chi connectivity index (χ2n) is 5.13. The maximum atomic E-state index is 10.4. The minimum absolute atomic E-state index is 0.126. The fourth-order valence-electron chi connectivity index (χ4n) is 2.39. The Morgan fingerprint density at radius 2 is 1.53 bits per heavy atom. The summed E-state index contributed by atoms with van der Waals surface area (Å²) in [6, 6.07) is 0. The summed E-state index contributed by atoms with van der Waals surface area (Å²) in [4.78, 5) is 10.4. The number of phosphoric acid groups is 1.